The summed E-state index contributed by atoms with van der Waals surface area (Å²) in [5, 5.41) is 14.7. The second-order valence-electron chi connectivity index (χ2n) is 12.9. The minimum Gasteiger partial charge on any atom is -0.494 e. The number of benzene rings is 2. The molecule has 6 aromatic rings. The zero-order valence-electron chi connectivity index (χ0n) is 31.3. The molecule has 0 radical (unpaired) electrons. The number of rotatable bonds is 14. The van der Waals surface area contributed by atoms with Crippen molar-refractivity contribution in [2.24, 2.45) is 0 Å². The van der Waals surface area contributed by atoms with Gasteiger partial charge in [-0.3, -0.25) is 14.2 Å². The molecular weight excluding hydrogens is 828 g/mol. The van der Waals surface area contributed by atoms with E-state index in [1.54, 1.807) is 6.92 Å². The largest absolute Gasteiger partial charge is 0.494 e. The van der Waals surface area contributed by atoms with Gasteiger partial charge in [0.05, 0.1) is 30.4 Å². The Morgan fingerprint density at radius 2 is 1.12 bits per heavy atom. The highest BCUT2D eigenvalue weighted by Crippen LogP contribution is 2.33. The fourth-order valence-electron chi connectivity index (χ4n) is 5.82. The molecule has 0 saturated heterocycles. The van der Waals surface area contributed by atoms with Crippen LogP contribution >= 0.6 is 0 Å². The van der Waals surface area contributed by atoms with Crippen molar-refractivity contribution in [2.75, 3.05) is 6.61 Å². The lowest BCUT2D eigenvalue weighted by Gasteiger charge is -2.15. The molecule has 0 unspecified atom stereocenters. The fraction of sp³-hybridized carbons (Fsp3) is 0.289. The number of ketones is 1. The number of hydrogen-bond acceptors (Lipinski definition) is 6. The van der Waals surface area contributed by atoms with Crippen LogP contribution in [0.3, 0.4) is 0 Å². The molecule has 60 heavy (non-hydrogen) atoms. The molecule has 4 heterocycles. The van der Waals surface area contributed by atoms with Crippen LogP contribution in [0.4, 0.5) is 52.7 Å². The van der Waals surface area contributed by atoms with E-state index in [2.05, 4.69) is 27.0 Å². The maximum absolute atomic E-state index is 13.8. The second-order valence-corrected chi connectivity index (χ2v) is 12.9. The van der Waals surface area contributed by atoms with E-state index in [0.29, 0.717) is 11.1 Å². The van der Waals surface area contributed by atoms with Crippen LogP contribution in [0.2, 0.25) is 0 Å². The van der Waals surface area contributed by atoms with E-state index in [4.69, 9.17) is 4.74 Å². The van der Waals surface area contributed by atoms with Gasteiger partial charge in [0, 0.05) is 47.8 Å². The minimum absolute atomic E-state index is 0.0237. The van der Waals surface area contributed by atoms with Gasteiger partial charge < -0.3 is 4.74 Å². The molecule has 0 amide bonds. The summed E-state index contributed by atoms with van der Waals surface area (Å²) in [7, 11) is 0. The predicted octanol–water partition coefficient (Wildman–Crippen LogP) is 9.38. The van der Waals surface area contributed by atoms with Crippen LogP contribution < -0.4 is 0 Å². The summed E-state index contributed by atoms with van der Waals surface area (Å²) < 4.78 is 166. The highest BCUT2D eigenvalue weighted by molar-refractivity contribution is 5.97. The van der Waals surface area contributed by atoms with Crippen LogP contribution in [0, 0.1) is 11.6 Å². The number of carbonyl (C=O) groups excluding carboxylic acids is 1. The first-order chi connectivity index (χ1) is 28.1. The number of ether oxygens (including phenoxy) is 1. The number of Topliss-reactive ketones (excluding diaryl/α,β-unsaturated/α-hetero) is 1. The second kappa shape index (κ2) is 18.3. The standard InChI is InChI=1S/C20H18F6N4O.C18H14F6N4O/c1-3-31-12(2)16-7-14(21)4-5-17(16)30-15(8-18(28-30)20(24,25)26)6-13-9-27-29(10-13)11-19(22)23;1-10(29)14-5-12(19)2-3-15(14)28-13(6-16(26-28)18(22,23)24)4-11-7-25-27(8-11)9-17(20)21/h4-5,7-10,19H,2-3,6,11H2,1H3;2-3,5-8,17H,4,9H2,1H3. The SMILES string of the molecule is C=C(OCC)c1cc(F)ccc1-n1nc(C(F)(F)F)cc1Cc1cnn(CC(F)F)c1.CC(=O)c1cc(F)ccc1-n1nc(C(F)(F)F)cc1Cc1cnn(CC(F)F)c1. The van der Waals surface area contributed by atoms with Gasteiger partial charge >= 0.3 is 12.4 Å². The van der Waals surface area contributed by atoms with E-state index < -0.39 is 67.1 Å². The Morgan fingerprint density at radius 3 is 1.50 bits per heavy atom. The number of hydrogen-bond donors (Lipinski definition) is 0. The van der Waals surface area contributed by atoms with Crippen molar-refractivity contribution in [1.29, 1.82) is 0 Å². The smallest absolute Gasteiger partial charge is 0.435 e. The quantitative estimate of drug-likeness (QED) is 0.0616. The Labute approximate surface area is 332 Å². The zero-order valence-corrected chi connectivity index (χ0v) is 31.3. The first-order valence-corrected chi connectivity index (χ1v) is 17.5. The normalized spacial score (nSPS) is 11.9. The van der Waals surface area contributed by atoms with E-state index in [0.717, 1.165) is 68.1 Å². The Bertz CT molecular complexity index is 2440. The molecule has 22 heteroatoms. The lowest BCUT2D eigenvalue weighted by Crippen LogP contribution is -2.11. The minimum atomic E-state index is -4.75. The fourth-order valence-corrected chi connectivity index (χ4v) is 5.82. The first kappa shape index (κ1) is 44.7. The van der Waals surface area contributed by atoms with Crippen molar-refractivity contribution in [3.63, 3.8) is 0 Å². The molecule has 0 N–H and O–H groups in total. The van der Waals surface area contributed by atoms with Crippen molar-refractivity contribution in [3.8, 4) is 11.4 Å². The van der Waals surface area contributed by atoms with Crippen molar-refractivity contribution in [2.45, 2.75) is 65.0 Å². The number of halogens is 12. The summed E-state index contributed by atoms with van der Waals surface area (Å²) in [5.74, 6) is -1.84. The van der Waals surface area contributed by atoms with E-state index in [-0.39, 0.29) is 59.1 Å². The zero-order chi connectivity index (χ0) is 44.1. The maximum atomic E-state index is 13.8. The van der Waals surface area contributed by atoms with Crippen LogP contribution in [0.15, 0.2) is 79.9 Å². The molecule has 0 aliphatic rings. The highest BCUT2D eigenvalue weighted by Gasteiger charge is 2.36. The van der Waals surface area contributed by atoms with Gasteiger partial charge in [-0.2, -0.15) is 46.7 Å². The monoisotopic (exact) mass is 860 g/mol. The van der Waals surface area contributed by atoms with Gasteiger partial charge in [0.1, 0.15) is 30.5 Å². The number of carbonyl (C=O) groups is 1. The lowest BCUT2D eigenvalue weighted by atomic mass is 10.1. The molecule has 320 valence electrons. The average Bonchev–Trinajstić information content (AvgIpc) is 3.96. The predicted molar refractivity (Wildman–Crippen MR) is 190 cm³/mol. The van der Waals surface area contributed by atoms with Gasteiger partial charge in [0.25, 0.3) is 12.9 Å². The summed E-state index contributed by atoms with van der Waals surface area (Å²) in [4.78, 5) is 11.9. The third kappa shape index (κ3) is 11.2. The van der Waals surface area contributed by atoms with Crippen LogP contribution in [0.1, 0.15) is 63.7 Å². The molecule has 0 bridgehead atoms. The molecule has 0 aliphatic heterocycles. The van der Waals surface area contributed by atoms with Gasteiger partial charge in [-0.05, 0) is 73.5 Å². The van der Waals surface area contributed by atoms with Crippen LogP contribution in [-0.4, -0.2) is 64.4 Å². The van der Waals surface area contributed by atoms with Crippen molar-refractivity contribution in [3.05, 3.63) is 137 Å². The molecule has 0 spiro atoms. The van der Waals surface area contributed by atoms with Crippen molar-refractivity contribution < 1.29 is 62.2 Å². The summed E-state index contributed by atoms with van der Waals surface area (Å²) >= 11 is 0. The van der Waals surface area contributed by atoms with E-state index in [1.165, 1.54) is 30.9 Å². The van der Waals surface area contributed by atoms with E-state index in [9.17, 15) is 57.5 Å². The van der Waals surface area contributed by atoms with E-state index >= 15 is 0 Å². The van der Waals surface area contributed by atoms with Gasteiger partial charge in [0.15, 0.2) is 17.2 Å². The Morgan fingerprint density at radius 1 is 0.700 bits per heavy atom. The molecule has 0 fully saturated rings. The van der Waals surface area contributed by atoms with Crippen LogP contribution in [-0.2, 0) is 43.0 Å². The summed E-state index contributed by atoms with van der Waals surface area (Å²) in [6.45, 7) is 5.47. The van der Waals surface area contributed by atoms with Gasteiger partial charge in [0.2, 0.25) is 0 Å². The van der Waals surface area contributed by atoms with Crippen molar-refractivity contribution >= 4 is 11.5 Å². The molecule has 6 rings (SSSR count). The molecule has 0 saturated carbocycles. The van der Waals surface area contributed by atoms with Gasteiger partial charge in [-0.25, -0.2) is 35.7 Å². The molecule has 0 atom stereocenters. The highest BCUT2D eigenvalue weighted by atomic mass is 19.4. The average molecular weight is 861 g/mol. The van der Waals surface area contributed by atoms with Crippen molar-refractivity contribution in [1.82, 2.24) is 39.1 Å². The first-order valence-electron chi connectivity index (χ1n) is 17.5. The lowest BCUT2D eigenvalue weighted by molar-refractivity contribution is -0.142. The Kier molecular flexibility index (Phi) is 13.6. The number of alkyl halides is 10. The summed E-state index contributed by atoms with van der Waals surface area (Å²) in [6.07, 6.45) is -9.79. The molecule has 10 nitrogen and oxygen atoms in total. The maximum Gasteiger partial charge on any atom is 0.435 e. The summed E-state index contributed by atoms with van der Waals surface area (Å²) in [6, 6.07) is 8.15. The number of nitrogens with zero attached hydrogens (tertiary/aromatic N) is 8. The van der Waals surface area contributed by atoms with Gasteiger partial charge in [-0.1, -0.05) is 6.58 Å². The number of aromatic nitrogens is 8. The molecule has 0 aliphatic carbocycles. The summed E-state index contributed by atoms with van der Waals surface area (Å²) in [5.41, 5.74) is -1.36. The molecular formula is C38H32F12N8O2. The Balaban J connectivity index is 0.000000228. The molecule has 4 aromatic heterocycles. The topological polar surface area (TPSA) is 97.6 Å². The Hall–Kier alpha value is -6.35. The van der Waals surface area contributed by atoms with Crippen LogP contribution in [0.25, 0.3) is 17.1 Å². The van der Waals surface area contributed by atoms with Gasteiger partial charge in [-0.15, -0.1) is 0 Å². The third-order valence-corrected chi connectivity index (χ3v) is 8.31. The molecule has 2 aromatic carbocycles. The van der Waals surface area contributed by atoms with E-state index in [1.807, 2.05) is 0 Å². The van der Waals surface area contributed by atoms with Crippen LogP contribution in [0.5, 0.6) is 0 Å². The third-order valence-electron chi connectivity index (χ3n) is 8.31.